The number of likely N-dealkylation sites (tertiary alicyclic amines) is 1. The largest absolute Gasteiger partial charge is 0.357 e. The highest BCUT2D eigenvalue weighted by Gasteiger charge is 2.26. The summed E-state index contributed by atoms with van der Waals surface area (Å²) in [6.45, 7) is 1.41. The third-order valence-corrected chi connectivity index (χ3v) is 3.83. The quantitative estimate of drug-likeness (QED) is 0.920. The van der Waals surface area contributed by atoms with Crippen LogP contribution in [-0.4, -0.2) is 50.9 Å². The molecule has 0 aliphatic carbocycles. The van der Waals surface area contributed by atoms with Crippen molar-refractivity contribution in [2.24, 2.45) is 0 Å². The van der Waals surface area contributed by atoms with E-state index < -0.39 is 0 Å². The van der Waals surface area contributed by atoms with E-state index in [2.05, 4.69) is 25.3 Å². The zero-order chi connectivity index (χ0) is 15.4. The smallest absolute Gasteiger partial charge is 0.257 e. The van der Waals surface area contributed by atoms with Gasteiger partial charge in [0.1, 0.15) is 0 Å². The molecular formula is C15H18N6O. The van der Waals surface area contributed by atoms with Gasteiger partial charge in [-0.05, 0) is 12.8 Å². The molecule has 22 heavy (non-hydrogen) atoms. The van der Waals surface area contributed by atoms with Crippen LogP contribution in [0.4, 0.5) is 5.95 Å². The van der Waals surface area contributed by atoms with Crippen molar-refractivity contribution < 1.29 is 4.79 Å². The molecule has 0 saturated carbocycles. The lowest BCUT2D eigenvalue weighted by Crippen LogP contribution is -2.39. The standard InChI is InChI=1S/C15H18N6O/c1-16-15-19-7-12(8-20-15)14(22)21-6-2-3-11(10-21)13-9-17-4-5-18-13/h4-5,7-9,11H,2-3,6,10H2,1H3,(H,16,19,20)/t11-/m1/s1. The van der Waals surface area contributed by atoms with Gasteiger partial charge in [0.25, 0.3) is 5.91 Å². The summed E-state index contributed by atoms with van der Waals surface area (Å²) in [5, 5.41) is 2.84. The van der Waals surface area contributed by atoms with E-state index in [0.717, 1.165) is 25.1 Å². The topological polar surface area (TPSA) is 83.9 Å². The van der Waals surface area contributed by atoms with Gasteiger partial charge >= 0.3 is 0 Å². The molecule has 0 bridgehead atoms. The molecule has 0 radical (unpaired) electrons. The Morgan fingerprint density at radius 2 is 2.05 bits per heavy atom. The summed E-state index contributed by atoms with van der Waals surface area (Å²) in [6.07, 6.45) is 10.3. The van der Waals surface area contributed by atoms with E-state index in [1.54, 1.807) is 38.0 Å². The number of hydrogen-bond acceptors (Lipinski definition) is 6. The molecule has 0 spiro atoms. The molecule has 1 amide bonds. The SMILES string of the molecule is CNc1ncc(C(=O)N2CCC[C@@H](c3cnccn3)C2)cn1. The first-order chi connectivity index (χ1) is 10.8. The minimum Gasteiger partial charge on any atom is -0.357 e. The number of nitrogens with one attached hydrogen (secondary N) is 1. The molecule has 7 heteroatoms. The predicted octanol–water partition coefficient (Wildman–Crippen LogP) is 1.33. The third kappa shape index (κ3) is 3.03. The first-order valence-corrected chi connectivity index (χ1v) is 7.33. The number of amides is 1. The summed E-state index contributed by atoms with van der Waals surface area (Å²) in [7, 11) is 1.74. The zero-order valence-corrected chi connectivity index (χ0v) is 12.4. The van der Waals surface area contributed by atoms with Crippen LogP contribution in [0.3, 0.4) is 0 Å². The average molecular weight is 298 g/mol. The van der Waals surface area contributed by atoms with Gasteiger partial charge in [0.05, 0.1) is 11.3 Å². The van der Waals surface area contributed by atoms with Gasteiger partial charge in [0.2, 0.25) is 5.95 Å². The third-order valence-electron chi connectivity index (χ3n) is 3.83. The van der Waals surface area contributed by atoms with Crippen LogP contribution >= 0.6 is 0 Å². The Hall–Kier alpha value is -2.57. The second-order valence-electron chi connectivity index (χ2n) is 5.27. The van der Waals surface area contributed by atoms with E-state index in [9.17, 15) is 4.79 Å². The Morgan fingerprint density at radius 1 is 1.23 bits per heavy atom. The van der Waals surface area contributed by atoms with E-state index in [4.69, 9.17) is 0 Å². The number of nitrogens with zero attached hydrogens (tertiary/aromatic N) is 5. The number of anilines is 1. The summed E-state index contributed by atoms with van der Waals surface area (Å²) in [5.74, 6) is 0.716. The van der Waals surface area contributed by atoms with Crippen LogP contribution in [-0.2, 0) is 0 Å². The lowest BCUT2D eigenvalue weighted by Gasteiger charge is -2.32. The van der Waals surface area contributed by atoms with E-state index >= 15 is 0 Å². The van der Waals surface area contributed by atoms with Crippen molar-refractivity contribution in [3.63, 3.8) is 0 Å². The minimum absolute atomic E-state index is 0.0313. The summed E-state index contributed by atoms with van der Waals surface area (Å²) in [4.78, 5) is 31.1. The minimum atomic E-state index is -0.0313. The molecule has 1 N–H and O–H groups in total. The molecule has 1 atom stereocenters. The van der Waals surface area contributed by atoms with Crippen LogP contribution in [0.5, 0.6) is 0 Å². The van der Waals surface area contributed by atoms with Crippen molar-refractivity contribution in [3.8, 4) is 0 Å². The first kappa shape index (κ1) is 14.4. The normalized spacial score (nSPS) is 18.0. The number of carbonyl (C=O) groups is 1. The summed E-state index contributed by atoms with van der Waals surface area (Å²) in [5.41, 5.74) is 1.46. The van der Waals surface area contributed by atoms with Gasteiger partial charge < -0.3 is 10.2 Å². The Balaban J connectivity index is 1.72. The van der Waals surface area contributed by atoms with Crippen LogP contribution in [0.1, 0.15) is 34.8 Å². The molecule has 3 heterocycles. The van der Waals surface area contributed by atoms with Crippen molar-refractivity contribution in [1.82, 2.24) is 24.8 Å². The van der Waals surface area contributed by atoms with Gasteiger partial charge in [0.15, 0.2) is 0 Å². The number of rotatable bonds is 3. The Morgan fingerprint density at radius 3 is 2.73 bits per heavy atom. The van der Waals surface area contributed by atoms with Gasteiger partial charge in [-0.15, -0.1) is 0 Å². The van der Waals surface area contributed by atoms with Crippen molar-refractivity contribution in [2.75, 3.05) is 25.5 Å². The molecule has 114 valence electrons. The molecule has 1 aliphatic rings. The van der Waals surface area contributed by atoms with Crippen LogP contribution in [0.15, 0.2) is 31.0 Å². The molecule has 2 aromatic rings. The number of piperidine rings is 1. The zero-order valence-electron chi connectivity index (χ0n) is 12.4. The molecule has 0 unspecified atom stereocenters. The van der Waals surface area contributed by atoms with Crippen molar-refractivity contribution in [1.29, 1.82) is 0 Å². The van der Waals surface area contributed by atoms with Crippen molar-refractivity contribution in [2.45, 2.75) is 18.8 Å². The highest BCUT2D eigenvalue weighted by molar-refractivity contribution is 5.93. The second-order valence-corrected chi connectivity index (χ2v) is 5.27. The lowest BCUT2D eigenvalue weighted by molar-refractivity contribution is 0.0705. The molecule has 0 aromatic carbocycles. The Bertz CT molecular complexity index is 630. The maximum Gasteiger partial charge on any atom is 0.257 e. The number of carbonyl (C=O) groups excluding carboxylic acids is 1. The van der Waals surface area contributed by atoms with Crippen molar-refractivity contribution >= 4 is 11.9 Å². The summed E-state index contributed by atoms with van der Waals surface area (Å²) >= 11 is 0. The van der Waals surface area contributed by atoms with Gasteiger partial charge in [0, 0.05) is 57.0 Å². The molecule has 7 nitrogen and oxygen atoms in total. The van der Waals surface area contributed by atoms with E-state index in [1.165, 1.54) is 0 Å². The molecule has 1 saturated heterocycles. The van der Waals surface area contributed by atoms with Gasteiger partial charge in [-0.25, -0.2) is 9.97 Å². The summed E-state index contributed by atoms with van der Waals surface area (Å²) in [6, 6.07) is 0. The lowest BCUT2D eigenvalue weighted by atomic mass is 9.94. The van der Waals surface area contributed by atoms with Gasteiger partial charge in [-0.1, -0.05) is 0 Å². The first-order valence-electron chi connectivity index (χ1n) is 7.33. The fourth-order valence-electron chi connectivity index (χ4n) is 2.67. The highest BCUT2D eigenvalue weighted by Crippen LogP contribution is 2.25. The van der Waals surface area contributed by atoms with E-state index in [-0.39, 0.29) is 11.8 Å². The van der Waals surface area contributed by atoms with E-state index in [1.807, 2.05) is 4.90 Å². The molecule has 2 aromatic heterocycles. The molecule has 1 aliphatic heterocycles. The molecular weight excluding hydrogens is 280 g/mol. The van der Waals surface area contributed by atoms with Crippen LogP contribution in [0, 0.1) is 0 Å². The van der Waals surface area contributed by atoms with Crippen molar-refractivity contribution in [3.05, 3.63) is 42.2 Å². The fraction of sp³-hybridized carbons (Fsp3) is 0.400. The number of hydrogen-bond donors (Lipinski definition) is 1. The van der Waals surface area contributed by atoms with Gasteiger partial charge in [-0.2, -0.15) is 0 Å². The predicted molar refractivity (Wildman–Crippen MR) is 81.5 cm³/mol. The molecule has 1 fully saturated rings. The second kappa shape index (κ2) is 6.46. The van der Waals surface area contributed by atoms with Gasteiger partial charge in [-0.3, -0.25) is 14.8 Å². The summed E-state index contributed by atoms with van der Waals surface area (Å²) < 4.78 is 0. The number of aromatic nitrogens is 4. The van der Waals surface area contributed by atoms with Crippen LogP contribution in [0.2, 0.25) is 0 Å². The van der Waals surface area contributed by atoms with Crippen LogP contribution in [0.25, 0.3) is 0 Å². The Kier molecular flexibility index (Phi) is 4.22. The average Bonchev–Trinajstić information content (AvgIpc) is 2.62. The highest BCUT2D eigenvalue weighted by atomic mass is 16.2. The molecule has 3 rings (SSSR count). The Labute approximate surface area is 128 Å². The monoisotopic (exact) mass is 298 g/mol. The fourth-order valence-corrected chi connectivity index (χ4v) is 2.67. The van der Waals surface area contributed by atoms with Crippen LogP contribution < -0.4 is 5.32 Å². The van der Waals surface area contributed by atoms with E-state index in [0.29, 0.717) is 18.1 Å². The maximum atomic E-state index is 12.6. The maximum absolute atomic E-state index is 12.6.